The van der Waals surface area contributed by atoms with Crippen LogP contribution >= 0.6 is 11.6 Å². The van der Waals surface area contributed by atoms with Gasteiger partial charge in [0.05, 0.1) is 12.8 Å². The van der Waals surface area contributed by atoms with E-state index >= 15 is 0 Å². The number of nitrogens with zero attached hydrogens (tertiary/aromatic N) is 1. The molecule has 0 radical (unpaired) electrons. The molecule has 3 aromatic carbocycles. The first-order chi connectivity index (χ1) is 14.0. The molecule has 3 aromatic rings. The number of aliphatic imine (C=N–C) groups is 1. The lowest BCUT2D eigenvalue weighted by molar-refractivity contribution is -0.118. The average molecular weight is 409 g/mol. The normalized spacial score (nSPS) is 10.7. The SMILES string of the molecule is COc1ccc(N=Cc2ccccc2OCC(=O)Nc2ccc(C)c(Cl)c2)cc1. The van der Waals surface area contributed by atoms with Crippen molar-refractivity contribution in [2.75, 3.05) is 19.0 Å². The van der Waals surface area contributed by atoms with E-state index in [1.54, 1.807) is 31.5 Å². The molecular formula is C23H21ClN2O3. The molecule has 0 fully saturated rings. The van der Waals surface area contributed by atoms with Gasteiger partial charge in [0.2, 0.25) is 0 Å². The second-order valence-corrected chi connectivity index (χ2v) is 6.70. The van der Waals surface area contributed by atoms with Crippen molar-refractivity contribution in [1.82, 2.24) is 0 Å². The number of amides is 1. The summed E-state index contributed by atoms with van der Waals surface area (Å²) in [5.41, 5.74) is 3.14. The molecule has 0 heterocycles. The molecule has 0 aliphatic carbocycles. The van der Waals surface area contributed by atoms with Crippen LogP contribution in [0.1, 0.15) is 11.1 Å². The van der Waals surface area contributed by atoms with Crippen molar-refractivity contribution in [1.29, 1.82) is 0 Å². The fraction of sp³-hybridized carbons (Fsp3) is 0.130. The molecule has 0 aromatic heterocycles. The second kappa shape index (κ2) is 9.75. The van der Waals surface area contributed by atoms with E-state index in [4.69, 9.17) is 21.1 Å². The molecule has 0 atom stereocenters. The summed E-state index contributed by atoms with van der Waals surface area (Å²) < 4.78 is 10.8. The van der Waals surface area contributed by atoms with Crippen LogP contribution in [0.5, 0.6) is 11.5 Å². The third-order valence-electron chi connectivity index (χ3n) is 4.16. The average Bonchev–Trinajstić information content (AvgIpc) is 2.74. The van der Waals surface area contributed by atoms with Crippen molar-refractivity contribution in [2.45, 2.75) is 6.92 Å². The highest BCUT2D eigenvalue weighted by Gasteiger charge is 2.07. The highest BCUT2D eigenvalue weighted by molar-refractivity contribution is 6.31. The van der Waals surface area contributed by atoms with E-state index in [9.17, 15) is 4.79 Å². The summed E-state index contributed by atoms with van der Waals surface area (Å²) in [4.78, 5) is 16.7. The highest BCUT2D eigenvalue weighted by atomic mass is 35.5. The standard InChI is InChI=1S/C23H21ClN2O3/c1-16-7-8-19(13-21(16)24)26-23(27)15-29-22-6-4-3-5-17(22)14-25-18-9-11-20(28-2)12-10-18/h3-14H,15H2,1-2H3,(H,26,27). The number of hydrogen-bond donors (Lipinski definition) is 1. The van der Waals surface area contributed by atoms with Crippen LogP contribution in [-0.4, -0.2) is 25.8 Å². The first-order valence-electron chi connectivity index (χ1n) is 9.01. The van der Waals surface area contributed by atoms with Crippen LogP contribution in [0.2, 0.25) is 5.02 Å². The molecule has 5 nitrogen and oxygen atoms in total. The number of nitrogens with one attached hydrogen (secondary N) is 1. The minimum Gasteiger partial charge on any atom is -0.497 e. The summed E-state index contributed by atoms with van der Waals surface area (Å²) >= 11 is 6.09. The minimum atomic E-state index is -0.271. The second-order valence-electron chi connectivity index (χ2n) is 6.29. The summed E-state index contributed by atoms with van der Waals surface area (Å²) in [5, 5.41) is 3.38. The van der Waals surface area contributed by atoms with Crippen LogP contribution in [0.15, 0.2) is 71.7 Å². The molecule has 1 amide bonds. The molecule has 148 valence electrons. The van der Waals surface area contributed by atoms with Crippen LogP contribution in [0.4, 0.5) is 11.4 Å². The summed E-state index contributed by atoms with van der Waals surface area (Å²) in [7, 11) is 1.62. The van der Waals surface area contributed by atoms with Crippen molar-refractivity contribution >= 4 is 35.1 Å². The molecule has 6 heteroatoms. The maximum absolute atomic E-state index is 12.2. The van der Waals surface area contributed by atoms with Crippen LogP contribution < -0.4 is 14.8 Å². The van der Waals surface area contributed by atoms with Gasteiger partial charge in [0.15, 0.2) is 6.61 Å². The Kier molecular flexibility index (Phi) is 6.87. The number of anilines is 1. The molecule has 0 aliphatic rings. The lowest BCUT2D eigenvalue weighted by atomic mass is 10.2. The smallest absolute Gasteiger partial charge is 0.262 e. The van der Waals surface area contributed by atoms with Gasteiger partial charge in [0.1, 0.15) is 11.5 Å². The number of hydrogen-bond acceptors (Lipinski definition) is 4. The lowest BCUT2D eigenvalue weighted by Gasteiger charge is -2.10. The van der Waals surface area contributed by atoms with E-state index in [2.05, 4.69) is 10.3 Å². The largest absolute Gasteiger partial charge is 0.497 e. The number of benzene rings is 3. The number of carbonyl (C=O) groups is 1. The number of para-hydroxylation sites is 1. The molecule has 3 rings (SSSR count). The van der Waals surface area contributed by atoms with E-state index in [-0.39, 0.29) is 12.5 Å². The van der Waals surface area contributed by atoms with Crippen LogP contribution in [0, 0.1) is 6.92 Å². The minimum absolute atomic E-state index is 0.126. The number of methoxy groups -OCH3 is 1. The van der Waals surface area contributed by atoms with Crippen molar-refractivity contribution in [2.24, 2.45) is 4.99 Å². The van der Waals surface area contributed by atoms with E-state index in [0.29, 0.717) is 16.5 Å². The number of carbonyl (C=O) groups excluding carboxylic acids is 1. The molecule has 29 heavy (non-hydrogen) atoms. The fourth-order valence-electron chi connectivity index (χ4n) is 2.54. The number of rotatable bonds is 7. The third-order valence-corrected chi connectivity index (χ3v) is 4.57. The van der Waals surface area contributed by atoms with Gasteiger partial charge in [0, 0.05) is 22.5 Å². The van der Waals surface area contributed by atoms with E-state index in [1.165, 1.54) is 0 Å². The zero-order chi connectivity index (χ0) is 20.6. The fourth-order valence-corrected chi connectivity index (χ4v) is 2.72. The van der Waals surface area contributed by atoms with Gasteiger partial charge in [-0.2, -0.15) is 0 Å². The van der Waals surface area contributed by atoms with E-state index in [0.717, 1.165) is 22.6 Å². The molecule has 0 saturated carbocycles. The zero-order valence-electron chi connectivity index (χ0n) is 16.2. The first kappa shape index (κ1) is 20.4. The Morgan fingerprint density at radius 1 is 1.10 bits per heavy atom. The predicted molar refractivity (Wildman–Crippen MR) is 117 cm³/mol. The quantitative estimate of drug-likeness (QED) is 0.530. The first-order valence-corrected chi connectivity index (χ1v) is 9.39. The van der Waals surface area contributed by atoms with Crippen molar-refractivity contribution < 1.29 is 14.3 Å². The van der Waals surface area contributed by atoms with Crippen LogP contribution in [0.3, 0.4) is 0 Å². The van der Waals surface area contributed by atoms with Crippen LogP contribution in [0.25, 0.3) is 0 Å². The topological polar surface area (TPSA) is 59.9 Å². The van der Waals surface area contributed by atoms with Crippen molar-refractivity contribution in [3.8, 4) is 11.5 Å². The molecule has 0 bridgehead atoms. The van der Waals surface area contributed by atoms with Gasteiger partial charge in [-0.3, -0.25) is 9.79 Å². The van der Waals surface area contributed by atoms with Gasteiger partial charge in [-0.25, -0.2) is 0 Å². The molecule has 0 spiro atoms. The van der Waals surface area contributed by atoms with Crippen LogP contribution in [-0.2, 0) is 4.79 Å². The number of halogens is 1. The Bertz CT molecular complexity index is 1020. The van der Waals surface area contributed by atoms with Gasteiger partial charge in [-0.15, -0.1) is 0 Å². The van der Waals surface area contributed by atoms with Gasteiger partial charge >= 0.3 is 0 Å². The predicted octanol–water partition coefficient (Wildman–Crippen LogP) is 5.43. The molecular weight excluding hydrogens is 388 g/mol. The summed E-state index contributed by atoms with van der Waals surface area (Å²) in [6.07, 6.45) is 1.70. The maximum atomic E-state index is 12.2. The Labute approximate surface area is 175 Å². The van der Waals surface area contributed by atoms with Gasteiger partial charge in [0.25, 0.3) is 5.91 Å². The molecule has 0 aliphatic heterocycles. The lowest BCUT2D eigenvalue weighted by Crippen LogP contribution is -2.20. The Balaban J connectivity index is 1.63. The highest BCUT2D eigenvalue weighted by Crippen LogP contribution is 2.21. The molecule has 0 saturated heterocycles. The third kappa shape index (κ3) is 5.83. The van der Waals surface area contributed by atoms with Crippen molar-refractivity contribution in [3.05, 3.63) is 82.9 Å². The van der Waals surface area contributed by atoms with E-state index < -0.39 is 0 Å². The number of aryl methyl sites for hydroxylation is 1. The summed E-state index contributed by atoms with van der Waals surface area (Å²) in [6.45, 7) is 1.78. The van der Waals surface area contributed by atoms with Gasteiger partial charge in [-0.1, -0.05) is 29.8 Å². The number of ether oxygens (including phenoxy) is 2. The van der Waals surface area contributed by atoms with Crippen molar-refractivity contribution in [3.63, 3.8) is 0 Å². The Hall–Kier alpha value is -3.31. The summed E-state index contributed by atoms with van der Waals surface area (Å²) in [6, 6.07) is 20.2. The Morgan fingerprint density at radius 2 is 1.86 bits per heavy atom. The zero-order valence-corrected chi connectivity index (χ0v) is 16.9. The molecule has 0 unspecified atom stereocenters. The monoisotopic (exact) mass is 408 g/mol. The van der Waals surface area contributed by atoms with E-state index in [1.807, 2.05) is 55.5 Å². The van der Waals surface area contributed by atoms with Gasteiger partial charge in [-0.05, 0) is 61.0 Å². The summed E-state index contributed by atoms with van der Waals surface area (Å²) in [5.74, 6) is 1.07. The Morgan fingerprint density at radius 3 is 2.59 bits per heavy atom. The van der Waals surface area contributed by atoms with Gasteiger partial charge < -0.3 is 14.8 Å². The maximum Gasteiger partial charge on any atom is 0.262 e. The molecule has 1 N–H and O–H groups in total.